The third-order valence-electron chi connectivity index (χ3n) is 6.29. The molecule has 0 saturated heterocycles. The Balaban J connectivity index is 1.34. The second-order valence-electron chi connectivity index (χ2n) is 9.04. The van der Waals surface area contributed by atoms with Crippen LogP contribution in [0.25, 0.3) is 11.5 Å². The first kappa shape index (κ1) is 26.7. The van der Waals surface area contributed by atoms with E-state index < -0.39 is 12.3 Å². The molecule has 1 fully saturated rings. The Morgan fingerprint density at radius 3 is 2.49 bits per heavy atom. The van der Waals surface area contributed by atoms with Crippen molar-refractivity contribution in [2.45, 2.75) is 71.3 Å². The van der Waals surface area contributed by atoms with Gasteiger partial charge in [0.1, 0.15) is 17.2 Å². The summed E-state index contributed by atoms with van der Waals surface area (Å²) >= 11 is 0. The van der Waals surface area contributed by atoms with Crippen molar-refractivity contribution in [1.82, 2.24) is 4.98 Å². The van der Waals surface area contributed by atoms with E-state index in [1.807, 2.05) is 6.07 Å². The maximum Gasteiger partial charge on any atom is 0.573 e. The van der Waals surface area contributed by atoms with E-state index in [0.717, 1.165) is 19.3 Å². The summed E-state index contributed by atoms with van der Waals surface area (Å²) in [7, 11) is 0. The van der Waals surface area contributed by atoms with Gasteiger partial charge in [-0.2, -0.15) is 0 Å². The highest BCUT2D eigenvalue weighted by Gasteiger charge is 2.31. The summed E-state index contributed by atoms with van der Waals surface area (Å²) in [6, 6.07) is 10.8. The van der Waals surface area contributed by atoms with Crippen molar-refractivity contribution in [1.29, 1.82) is 0 Å². The summed E-state index contributed by atoms with van der Waals surface area (Å²) in [5, 5.41) is 9.52. The maximum absolute atomic E-state index is 12.5. The van der Waals surface area contributed by atoms with Crippen LogP contribution in [-0.4, -0.2) is 34.6 Å². The molecule has 3 aromatic rings. The van der Waals surface area contributed by atoms with E-state index in [4.69, 9.17) is 13.9 Å². The van der Waals surface area contributed by atoms with Crippen LogP contribution in [0.4, 0.5) is 13.2 Å². The summed E-state index contributed by atoms with van der Waals surface area (Å²) in [4.78, 5) is 16.0. The zero-order chi connectivity index (χ0) is 26.6. The first-order chi connectivity index (χ1) is 17.6. The van der Waals surface area contributed by atoms with Gasteiger partial charge in [0.25, 0.3) is 0 Å². The average molecular weight is 520 g/mol. The molecular weight excluding hydrogens is 491 g/mol. The molecule has 2 atom stereocenters. The quantitative estimate of drug-likeness (QED) is 0.341. The topological polar surface area (TPSA) is 91.0 Å². The van der Waals surface area contributed by atoms with E-state index in [9.17, 15) is 23.1 Å². The summed E-state index contributed by atoms with van der Waals surface area (Å²) < 4.78 is 59.4. The van der Waals surface area contributed by atoms with Gasteiger partial charge in [0.15, 0.2) is 0 Å². The minimum atomic E-state index is -4.79. The van der Waals surface area contributed by atoms with E-state index in [1.165, 1.54) is 18.2 Å². The van der Waals surface area contributed by atoms with Crippen molar-refractivity contribution in [3.8, 4) is 17.2 Å². The number of benzene rings is 2. The number of oxazole rings is 1. The molecule has 1 aliphatic carbocycles. The fraction of sp³-hybridized carbons (Fsp3) is 0.407. The lowest BCUT2D eigenvalue weighted by atomic mass is 9.94. The van der Waals surface area contributed by atoms with E-state index >= 15 is 0 Å². The zero-order valence-corrected chi connectivity index (χ0v) is 20.5. The molecule has 0 amide bonds. The molecule has 0 aliphatic heterocycles. The average Bonchev–Trinajstić information content (AvgIpc) is 3.21. The summed E-state index contributed by atoms with van der Waals surface area (Å²) in [6.45, 7) is 3.89. The fourth-order valence-corrected chi connectivity index (χ4v) is 4.48. The number of carbonyl (C=O) groups is 1. The van der Waals surface area contributed by atoms with Gasteiger partial charge in [0.2, 0.25) is 5.89 Å². The predicted molar refractivity (Wildman–Crippen MR) is 127 cm³/mol. The van der Waals surface area contributed by atoms with Gasteiger partial charge in [-0.3, -0.25) is 0 Å². The third-order valence-corrected chi connectivity index (χ3v) is 6.29. The molecule has 1 heterocycles. The number of carboxylic acid groups (broad SMARTS) is 1. The number of aryl methyl sites for hydroxylation is 2. The van der Waals surface area contributed by atoms with Crippen LogP contribution in [0.3, 0.4) is 0 Å². The van der Waals surface area contributed by atoms with E-state index in [2.05, 4.69) is 9.72 Å². The van der Waals surface area contributed by atoms with Crippen LogP contribution < -0.4 is 4.74 Å². The second-order valence-corrected chi connectivity index (χ2v) is 9.04. The number of rotatable bonds is 9. The van der Waals surface area contributed by atoms with E-state index in [-0.39, 0.29) is 42.6 Å². The molecular formula is C27H28F3NO6. The van der Waals surface area contributed by atoms with Crippen LogP contribution in [0.2, 0.25) is 0 Å². The number of hydrogen-bond acceptors (Lipinski definition) is 6. The van der Waals surface area contributed by atoms with Crippen molar-refractivity contribution >= 4 is 5.97 Å². The van der Waals surface area contributed by atoms with Gasteiger partial charge in [0, 0.05) is 5.56 Å². The SMILES string of the molecule is Cc1cccc(COC2CCCC(OCc3nc(-c4cccc(OC(F)(F)F)c4)oc3C)C2)c1C(=O)O. The van der Waals surface area contributed by atoms with Crippen molar-refractivity contribution in [2.75, 3.05) is 0 Å². The molecule has 1 aromatic heterocycles. The van der Waals surface area contributed by atoms with Crippen LogP contribution in [0.15, 0.2) is 46.9 Å². The Morgan fingerprint density at radius 1 is 1.08 bits per heavy atom. The Labute approximate surface area is 212 Å². The van der Waals surface area contributed by atoms with Gasteiger partial charge in [-0.25, -0.2) is 9.78 Å². The molecule has 37 heavy (non-hydrogen) atoms. The molecule has 0 spiro atoms. The van der Waals surface area contributed by atoms with Crippen LogP contribution in [-0.2, 0) is 22.7 Å². The molecule has 4 rings (SSSR count). The molecule has 2 unspecified atom stereocenters. The number of halogens is 3. The normalized spacial score (nSPS) is 18.1. The highest BCUT2D eigenvalue weighted by molar-refractivity contribution is 5.91. The van der Waals surface area contributed by atoms with Crippen LogP contribution in [0.1, 0.15) is 58.6 Å². The smallest absolute Gasteiger partial charge is 0.478 e. The van der Waals surface area contributed by atoms with E-state index in [0.29, 0.717) is 34.6 Å². The summed E-state index contributed by atoms with van der Waals surface area (Å²) in [6.07, 6.45) is -1.64. The fourth-order valence-electron chi connectivity index (χ4n) is 4.48. The van der Waals surface area contributed by atoms with Crippen LogP contribution in [0, 0.1) is 13.8 Å². The second kappa shape index (κ2) is 11.4. The van der Waals surface area contributed by atoms with Gasteiger partial charge in [0.05, 0.1) is 31.0 Å². The van der Waals surface area contributed by atoms with E-state index in [1.54, 1.807) is 32.0 Å². The summed E-state index contributed by atoms with van der Waals surface area (Å²) in [5.41, 5.74) is 2.54. The van der Waals surface area contributed by atoms with Gasteiger partial charge in [-0.05, 0) is 68.9 Å². The largest absolute Gasteiger partial charge is 0.573 e. The molecule has 1 N–H and O–H groups in total. The lowest BCUT2D eigenvalue weighted by Crippen LogP contribution is -2.28. The highest BCUT2D eigenvalue weighted by Crippen LogP contribution is 2.30. The summed E-state index contributed by atoms with van der Waals surface area (Å²) in [5.74, 6) is -0.626. The number of nitrogens with zero attached hydrogens (tertiary/aromatic N) is 1. The molecule has 10 heteroatoms. The monoisotopic (exact) mass is 519 g/mol. The van der Waals surface area contributed by atoms with Gasteiger partial charge in [-0.15, -0.1) is 13.2 Å². The molecule has 198 valence electrons. The number of ether oxygens (including phenoxy) is 3. The number of alkyl halides is 3. The van der Waals surface area contributed by atoms with Crippen molar-refractivity contribution in [3.05, 3.63) is 70.6 Å². The standard InChI is InChI=1S/C27H28F3NO6/c1-16-6-3-8-19(24(16)26(32)33)14-34-20-9-5-10-21(13-20)35-15-23-17(2)36-25(31-23)18-7-4-11-22(12-18)37-27(28,29)30/h3-4,6-8,11-12,20-21H,5,9-10,13-15H2,1-2H3,(H,32,33). The number of carboxylic acids is 1. The van der Waals surface area contributed by atoms with Crippen molar-refractivity contribution in [3.63, 3.8) is 0 Å². The number of hydrogen-bond donors (Lipinski definition) is 1. The number of aromatic nitrogens is 1. The molecule has 0 bridgehead atoms. The van der Waals surface area contributed by atoms with Crippen LogP contribution >= 0.6 is 0 Å². The Morgan fingerprint density at radius 2 is 1.78 bits per heavy atom. The lowest BCUT2D eigenvalue weighted by Gasteiger charge is -2.29. The Bertz CT molecular complexity index is 1240. The molecule has 2 aromatic carbocycles. The van der Waals surface area contributed by atoms with Crippen molar-refractivity contribution < 1.29 is 41.7 Å². The number of aromatic carboxylic acids is 1. The maximum atomic E-state index is 12.5. The lowest BCUT2D eigenvalue weighted by molar-refractivity contribution is -0.274. The minimum Gasteiger partial charge on any atom is -0.478 e. The zero-order valence-electron chi connectivity index (χ0n) is 20.5. The Kier molecular flexibility index (Phi) is 8.19. The molecule has 7 nitrogen and oxygen atoms in total. The van der Waals surface area contributed by atoms with Gasteiger partial charge in [-0.1, -0.05) is 24.3 Å². The molecule has 1 aliphatic rings. The first-order valence-electron chi connectivity index (χ1n) is 12.0. The molecule has 1 saturated carbocycles. The van der Waals surface area contributed by atoms with Gasteiger partial charge < -0.3 is 23.7 Å². The third kappa shape index (κ3) is 7.11. The minimum absolute atomic E-state index is 0.0637. The molecule has 0 radical (unpaired) electrons. The first-order valence-corrected chi connectivity index (χ1v) is 12.0. The Hall–Kier alpha value is -3.37. The van der Waals surface area contributed by atoms with Crippen LogP contribution in [0.5, 0.6) is 5.75 Å². The predicted octanol–water partition coefficient (Wildman–Crippen LogP) is 6.60. The highest BCUT2D eigenvalue weighted by atomic mass is 19.4. The van der Waals surface area contributed by atoms with Gasteiger partial charge >= 0.3 is 12.3 Å². The van der Waals surface area contributed by atoms with Crippen molar-refractivity contribution in [2.24, 2.45) is 0 Å².